The van der Waals surface area contributed by atoms with Crippen molar-refractivity contribution in [3.05, 3.63) is 48.0 Å². The number of hydrogen-bond acceptors (Lipinski definition) is 3. The van der Waals surface area contributed by atoms with Crippen LogP contribution in [0.3, 0.4) is 0 Å². The monoisotopic (exact) mass is 284 g/mol. The summed E-state index contributed by atoms with van der Waals surface area (Å²) in [4.78, 5) is 4.57. The van der Waals surface area contributed by atoms with E-state index in [0.717, 1.165) is 28.3 Å². The second kappa shape index (κ2) is 5.16. The molecule has 2 aromatic heterocycles. The Bertz CT molecular complexity index is 775. The van der Waals surface area contributed by atoms with Gasteiger partial charge in [-0.2, -0.15) is 9.61 Å². The summed E-state index contributed by atoms with van der Waals surface area (Å²) in [5.41, 5.74) is 3.48. The fourth-order valence-corrected chi connectivity index (χ4v) is 2.32. The minimum Gasteiger partial charge on any atom is -0.368 e. The summed E-state index contributed by atoms with van der Waals surface area (Å²) < 4.78 is 14.9. The summed E-state index contributed by atoms with van der Waals surface area (Å²) in [6.45, 7) is 6.10. The van der Waals surface area contributed by atoms with Crippen LogP contribution in [0.1, 0.15) is 19.5 Å². The van der Waals surface area contributed by atoms with Crippen LogP contribution in [0.5, 0.6) is 0 Å². The van der Waals surface area contributed by atoms with Crippen LogP contribution < -0.4 is 5.32 Å². The Hall–Kier alpha value is -2.43. The second-order valence-corrected chi connectivity index (χ2v) is 5.38. The summed E-state index contributed by atoms with van der Waals surface area (Å²) in [7, 11) is 0. The summed E-state index contributed by atoms with van der Waals surface area (Å²) >= 11 is 0. The van der Waals surface area contributed by atoms with Crippen molar-refractivity contribution in [2.45, 2.75) is 26.8 Å². The lowest BCUT2D eigenvalue weighted by atomic mass is 10.1. The third-order valence-corrected chi connectivity index (χ3v) is 3.19. The third-order valence-electron chi connectivity index (χ3n) is 3.19. The van der Waals surface area contributed by atoms with Crippen molar-refractivity contribution in [2.24, 2.45) is 0 Å². The van der Waals surface area contributed by atoms with E-state index < -0.39 is 0 Å². The number of fused-ring (bicyclic) bond motifs is 1. The van der Waals surface area contributed by atoms with Gasteiger partial charge in [-0.05, 0) is 38.5 Å². The standard InChI is InChI=1S/C16H17FN4/c1-10(2)19-15-8-11(3)20-16-14(9-18-21(15)16)12-4-6-13(17)7-5-12/h4-10,19H,1-3H3. The maximum atomic E-state index is 13.1. The number of anilines is 1. The van der Waals surface area contributed by atoms with Crippen LogP contribution in [0.4, 0.5) is 10.2 Å². The van der Waals surface area contributed by atoms with Gasteiger partial charge in [-0.15, -0.1) is 0 Å². The van der Waals surface area contributed by atoms with Crippen molar-refractivity contribution < 1.29 is 4.39 Å². The molecule has 0 atom stereocenters. The molecule has 0 fully saturated rings. The van der Waals surface area contributed by atoms with Gasteiger partial charge in [0.2, 0.25) is 0 Å². The number of aromatic nitrogens is 3. The van der Waals surface area contributed by atoms with Gasteiger partial charge in [0.15, 0.2) is 5.65 Å². The molecule has 0 amide bonds. The Morgan fingerprint density at radius 1 is 1.19 bits per heavy atom. The molecule has 0 bridgehead atoms. The molecule has 5 heteroatoms. The lowest BCUT2D eigenvalue weighted by Gasteiger charge is -2.12. The zero-order valence-corrected chi connectivity index (χ0v) is 12.3. The van der Waals surface area contributed by atoms with Crippen molar-refractivity contribution in [1.82, 2.24) is 14.6 Å². The van der Waals surface area contributed by atoms with Crippen molar-refractivity contribution in [1.29, 1.82) is 0 Å². The fourth-order valence-electron chi connectivity index (χ4n) is 2.32. The molecule has 0 unspecified atom stereocenters. The normalized spacial score (nSPS) is 11.3. The molecule has 0 radical (unpaired) electrons. The molecular weight excluding hydrogens is 267 g/mol. The molecule has 0 saturated heterocycles. The molecular formula is C16H17FN4. The van der Waals surface area contributed by atoms with Crippen molar-refractivity contribution in [3.63, 3.8) is 0 Å². The Morgan fingerprint density at radius 2 is 1.90 bits per heavy atom. The zero-order chi connectivity index (χ0) is 15.0. The van der Waals surface area contributed by atoms with E-state index in [-0.39, 0.29) is 5.82 Å². The van der Waals surface area contributed by atoms with E-state index in [1.165, 1.54) is 12.1 Å². The Labute approximate surface area is 122 Å². The predicted molar refractivity (Wildman–Crippen MR) is 81.9 cm³/mol. The van der Waals surface area contributed by atoms with Gasteiger partial charge in [0, 0.05) is 23.4 Å². The average Bonchev–Trinajstić information content (AvgIpc) is 2.83. The van der Waals surface area contributed by atoms with Crippen molar-refractivity contribution >= 4 is 11.5 Å². The third kappa shape index (κ3) is 2.59. The molecule has 3 rings (SSSR count). The fraction of sp³-hybridized carbons (Fsp3) is 0.250. The van der Waals surface area contributed by atoms with Crippen LogP contribution in [-0.2, 0) is 0 Å². The molecule has 0 aliphatic rings. The van der Waals surface area contributed by atoms with E-state index in [1.54, 1.807) is 22.8 Å². The number of nitrogens with one attached hydrogen (secondary N) is 1. The number of rotatable bonds is 3. The van der Waals surface area contributed by atoms with Gasteiger partial charge < -0.3 is 5.32 Å². The maximum absolute atomic E-state index is 13.1. The Morgan fingerprint density at radius 3 is 2.57 bits per heavy atom. The van der Waals surface area contributed by atoms with Gasteiger partial charge in [0.05, 0.1) is 6.20 Å². The quantitative estimate of drug-likeness (QED) is 0.798. The first-order valence-corrected chi connectivity index (χ1v) is 6.92. The SMILES string of the molecule is Cc1cc(NC(C)C)n2ncc(-c3ccc(F)cc3)c2n1. The molecule has 0 aliphatic carbocycles. The number of benzene rings is 1. The van der Waals surface area contributed by atoms with E-state index in [1.807, 2.05) is 13.0 Å². The van der Waals surface area contributed by atoms with E-state index in [0.29, 0.717) is 6.04 Å². The summed E-state index contributed by atoms with van der Waals surface area (Å²) in [6.07, 6.45) is 1.76. The first-order chi connectivity index (χ1) is 10.0. The molecule has 1 N–H and O–H groups in total. The van der Waals surface area contributed by atoms with Crippen molar-refractivity contribution in [3.8, 4) is 11.1 Å². The largest absolute Gasteiger partial charge is 0.368 e. The Balaban J connectivity index is 2.17. The van der Waals surface area contributed by atoms with Gasteiger partial charge in [-0.1, -0.05) is 12.1 Å². The lowest BCUT2D eigenvalue weighted by Crippen LogP contribution is -2.14. The molecule has 2 heterocycles. The molecule has 108 valence electrons. The topological polar surface area (TPSA) is 42.2 Å². The van der Waals surface area contributed by atoms with Crippen molar-refractivity contribution in [2.75, 3.05) is 5.32 Å². The highest BCUT2D eigenvalue weighted by atomic mass is 19.1. The van der Waals surface area contributed by atoms with Gasteiger partial charge in [-0.3, -0.25) is 0 Å². The van der Waals surface area contributed by atoms with Crippen LogP contribution in [0.25, 0.3) is 16.8 Å². The summed E-state index contributed by atoms with van der Waals surface area (Å²) in [5, 5.41) is 7.77. The van der Waals surface area contributed by atoms with Crippen LogP contribution in [-0.4, -0.2) is 20.6 Å². The highest BCUT2D eigenvalue weighted by Crippen LogP contribution is 2.26. The first-order valence-electron chi connectivity index (χ1n) is 6.92. The zero-order valence-electron chi connectivity index (χ0n) is 12.3. The van der Waals surface area contributed by atoms with Crippen LogP contribution in [0.2, 0.25) is 0 Å². The van der Waals surface area contributed by atoms with E-state index in [9.17, 15) is 4.39 Å². The van der Waals surface area contributed by atoms with Gasteiger partial charge >= 0.3 is 0 Å². The first kappa shape index (κ1) is 13.5. The number of nitrogens with zero attached hydrogens (tertiary/aromatic N) is 3. The summed E-state index contributed by atoms with van der Waals surface area (Å²) in [5.74, 6) is 0.655. The average molecular weight is 284 g/mol. The molecule has 21 heavy (non-hydrogen) atoms. The van der Waals surface area contributed by atoms with E-state index >= 15 is 0 Å². The maximum Gasteiger partial charge on any atom is 0.165 e. The molecule has 0 saturated carbocycles. The highest BCUT2D eigenvalue weighted by Gasteiger charge is 2.12. The van der Waals surface area contributed by atoms with Gasteiger partial charge in [0.1, 0.15) is 11.6 Å². The second-order valence-electron chi connectivity index (χ2n) is 5.38. The molecule has 4 nitrogen and oxygen atoms in total. The highest BCUT2D eigenvalue weighted by molar-refractivity contribution is 5.78. The number of hydrogen-bond donors (Lipinski definition) is 1. The minimum absolute atomic E-state index is 0.249. The predicted octanol–water partition coefficient (Wildman–Crippen LogP) is 3.66. The van der Waals surface area contributed by atoms with Gasteiger partial charge in [0.25, 0.3) is 0 Å². The lowest BCUT2D eigenvalue weighted by molar-refractivity contribution is 0.628. The molecule has 1 aromatic carbocycles. The minimum atomic E-state index is -0.249. The molecule has 0 spiro atoms. The van der Waals surface area contributed by atoms with Crippen LogP contribution >= 0.6 is 0 Å². The van der Waals surface area contributed by atoms with E-state index in [2.05, 4.69) is 29.2 Å². The smallest absolute Gasteiger partial charge is 0.165 e. The molecule has 3 aromatic rings. The van der Waals surface area contributed by atoms with E-state index in [4.69, 9.17) is 0 Å². The molecule has 0 aliphatic heterocycles. The number of halogens is 1. The van der Waals surface area contributed by atoms with Crippen LogP contribution in [0, 0.1) is 12.7 Å². The number of aryl methyl sites for hydroxylation is 1. The Kier molecular flexibility index (Phi) is 3.33. The van der Waals surface area contributed by atoms with Crippen LogP contribution in [0.15, 0.2) is 36.5 Å². The summed E-state index contributed by atoms with van der Waals surface area (Å²) in [6, 6.07) is 8.64. The van der Waals surface area contributed by atoms with Gasteiger partial charge in [-0.25, -0.2) is 9.37 Å².